The Morgan fingerprint density at radius 1 is 1.42 bits per heavy atom. The zero-order valence-corrected chi connectivity index (χ0v) is 12.2. The molecule has 19 heavy (non-hydrogen) atoms. The molecule has 0 N–H and O–H groups in total. The molecule has 2 heterocycles. The lowest BCUT2D eigenvalue weighted by Crippen LogP contribution is -2.37. The first-order chi connectivity index (χ1) is 9.13. The van der Waals surface area contributed by atoms with E-state index in [1.807, 2.05) is 23.8 Å². The van der Waals surface area contributed by atoms with Gasteiger partial charge in [-0.25, -0.2) is 9.97 Å². The fourth-order valence-electron chi connectivity index (χ4n) is 2.36. The van der Waals surface area contributed by atoms with E-state index in [1.165, 1.54) is 6.33 Å². The second-order valence-corrected chi connectivity index (χ2v) is 5.12. The van der Waals surface area contributed by atoms with E-state index in [0.717, 1.165) is 43.7 Å². The van der Waals surface area contributed by atoms with Gasteiger partial charge >= 0.3 is 0 Å². The third-order valence-corrected chi connectivity index (χ3v) is 3.74. The average Bonchev–Trinajstić information content (AvgIpc) is 2.92. The van der Waals surface area contributed by atoms with Gasteiger partial charge < -0.3 is 9.80 Å². The van der Waals surface area contributed by atoms with Crippen molar-refractivity contribution in [3.63, 3.8) is 0 Å². The van der Waals surface area contributed by atoms with Crippen LogP contribution < -0.4 is 4.90 Å². The number of likely N-dealkylation sites (tertiary alicyclic amines) is 1. The molecule has 6 heteroatoms. The monoisotopic (exact) mass is 282 g/mol. The normalized spacial score (nSPS) is 14.8. The summed E-state index contributed by atoms with van der Waals surface area (Å²) in [5.41, 5.74) is 0.890. The Bertz CT molecular complexity index is 460. The number of halogens is 1. The molecule has 1 amide bonds. The number of anilines is 1. The number of hydrogen-bond acceptors (Lipinski definition) is 4. The molecule has 0 radical (unpaired) electrons. The lowest BCUT2D eigenvalue weighted by molar-refractivity contribution is -0.128. The van der Waals surface area contributed by atoms with Crippen molar-refractivity contribution in [3.8, 4) is 0 Å². The first-order valence-electron chi connectivity index (χ1n) is 6.61. The lowest BCUT2D eigenvalue weighted by atomic mass is 10.2. The standard InChI is InChI=1S/C13H19ClN4O/c1-3-10-12(14)15-9-16-13(10)17(2)8-11(19)18-6-4-5-7-18/h9H,3-8H2,1-2H3. The third-order valence-electron chi connectivity index (χ3n) is 3.42. The van der Waals surface area contributed by atoms with Crippen LogP contribution in [0.15, 0.2) is 6.33 Å². The summed E-state index contributed by atoms with van der Waals surface area (Å²) in [6.07, 6.45) is 4.40. The molecule has 1 aromatic rings. The molecule has 0 atom stereocenters. The molecule has 0 aliphatic carbocycles. The van der Waals surface area contributed by atoms with Gasteiger partial charge in [-0.15, -0.1) is 0 Å². The van der Waals surface area contributed by atoms with E-state index in [9.17, 15) is 4.79 Å². The number of carbonyl (C=O) groups is 1. The minimum absolute atomic E-state index is 0.150. The van der Waals surface area contributed by atoms with Gasteiger partial charge in [-0.1, -0.05) is 18.5 Å². The molecule has 0 saturated carbocycles. The molecule has 0 aromatic carbocycles. The van der Waals surface area contributed by atoms with E-state index < -0.39 is 0 Å². The molecule has 104 valence electrons. The summed E-state index contributed by atoms with van der Waals surface area (Å²) in [4.78, 5) is 24.1. The summed E-state index contributed by atoms with van der Waals surface area (Å²) in [6.45, 7) is 4.08. The number of carbonyl (C=O) groups excluding carboxylic acids is 1. The number of hydrogen-bond donors (Lipinski definition) is 0. The highest BCUT2D eigenvalue weighted by atomic mass is 35.5. The van der Waals surface area contributed by atoms with Crippen LogP contribution in [0.4, 0.5) is 5.82 Å². The minimum Gasteiger partial charge on any atom is -0.350 e. The van der Waals surface area contributed by atoms with Gasteiger partial charge in [0.2, 0.25) is 5.91 Å². The SMILES string of the molecule is CCc1c(Cl)ncnc1N(C)CC(=O)N1CCCC1. The minimum atomic E-state index is 0.150. The van der Waals surface area contributed by atoms with Gasteiger partial charge in [-0.3, -0.25) is 4.79 Å². The molecule has 1 fully saturated rings. The maximum atomic E-state index is 12.1. The van der Waals surface area contributed by atoms with Crippen LogP contribution in [0.2, 0.25) is 5.15 Å². The Hall–Kier alpha value is -1.36. The summed E-state index contributed by atoms with van der Waals surface area (Å²) in [5, 5.41) is 0.466. The predicted octanol–water partition coefficient (Wildman–Crippen LogP) is 1.75. The largest absolute Gasteiger partial charge is 0.350 e. The quantitative estimate of drug-likeness (QED) is 0.790. The van der Waals surface area contributed by atoms with Crippen LogP contribution in [0, 0.1) is 0 Å². The van der Waals surface area contributed by atoms with Crippen molar-refractivity contribution in [1.82, 2.24) is 14.9 Å². The Balaban J connectivity index is 2.09. The number of likely N-dealkylation sites (N-methyl/N-ethyl adjacent to an activating group) is 1. The van der Waals surface area contributed by atoms with Crippen molar-refractivity contribution in [3.05, 3.63) is 17.0 Å². The van der Waals surface area contributed by atoms with Gasteiger partial charge in [-0.2, -0.15) is 0 Å². The van der Waals surface area contributed by atoms with Gasteiger partial charge in [0.1, 0.15) is 17.3 Å². The van der Waals surface area contributed by atoms with Crippen molar-refractivity contribution in [2.24, 2.45) is 0 Å². The highest BCUT2D eigenvalue weighted by Gasteiger charge is 2.21. The fourth-order valence-corrected chi connectivity index (χ4v) is 2.62. The topological polar surface area (TPSA) is 49.3 Å². The van der Waals surface area contributed by atoms with Crippen LogP contribution in [0.3, 0.4) is 0 Å². The van der Waals surface area contributed by atoms with E-state index in [-0.39, 0.29) is 5.91 Å². The Morgan fingerprint density at radius 3 is 2.74 bits per heavy atom. The molecule has 1 saturated heterocycles. The van der Waals surface area contributed by atoms with Crippen molar-refractivity contribution < 1.29 is 4.79 Å². The highest BCUT2D eigenvalue weighted by Crippen LogP contribution is 2.23. The van der Waals surface area contributed by atoms with E-state index in [1.54, 1.807) is 0 Å². The summed E-state index contributed by atoms with van der Waals surface area (Å²) < 4.78 is 0. The molecule has 1 aromatic heterocycles. The van der Waals surface area contributed by atoms with Crippen LogP contribution in [-0.2, 0) is 11.2 Å². The predicted molar refractivity (Wildman–Crippen MR) is 75.5 cm³/mol. The third kappa shape index (κ3) is 3.15. The van der Waals surface area contributed by atoms with E-state index in [4.69, 9.17) is 11.6 Å². The number of amides is 1. The van der Waals surface area contributed by atoms with Crippen LogP contribution in [0.25, 0.3) is 0 Å². The van der Waals surface area contributed by atoms with Crippen molar-refractivity contribution >= 4 is 23.3 Å². The Morgan fingerprint density at radius 2 is 2.11 bits per heavy atom. The van der Waals surface area contributed by atoms with Gasteiger partial charge in [0, 0.05) is 25.7 Å². The Kier molecular flexibility index (Phi) is 4.58. The van der Waals surface area contributed by atoms with Gasteiger partial charge in [0.25, 0.3) is 0 Å². The summed E-state index contributed by atoms with van der Waals surface area (Å²) in [5.74, 6) is 0.895. The number of nitrogens with zero attached hydrogens (tertiary/aromatic N) is 4. The van der Waals surface area contributed by atoms with Crippen molar-refractivity contribution in [2.45, 2.75) is 26.2 Å². The number of aromatic nitrogens is 2. The maximum Gasteiger partial charge on any atom is 0.242 e. The van der Waals surface area contributed by atoms with Gasteiger partial charge in [-0.05, 0) is 19.3 Å². The smallest absolute Gasteiger partial charge is 0.242 e. The van der Waals surface area contributed by atoms with Crippen LogP contribution >= 0.6 is 11.6 Å². The molecule has 1 aliphatic heterocycles. The summed E-state index contributed by atoms with van der Waals surface area (Å²) in [7, 11) is 1.87. The highest BCUT2D eigenvalue weighted by molar-refractivity contribution is 6.30. The van der Waals surface area contributed by atoms with Crippen LogP contribution in [-0.4, -0.2) is 47.5 Å². The van der Waals surface area contributed by atoms with E-state index in [2.05, 4.69) is 9.97 Å². The molecule has 1 aliphatic rings. The van der Waals surface area contributed by atoms with E-state index in [0.29, 0.717) is 11.7 Å². The van der Waals surface area contributed by atoms with E-state index >= 15 is 0 Å². The molecule has 0 bridgehead atoms. The average molecular weight is 283 g/mol. The second kappa shape index (κ2) is 6.19. The maximum absolute atomic E-state index is 12.1. The van der Waals surface area contributed by atoms with Gasteiger partial charge in [0.15, 0.2) is 0 Å². The molecule has 5 nitrogen and oxygen atoms in total. The fraction of sp³-hybridized carbons (Fsp3) is 0.615. The molecular formula is C13H19ClN4O. The van der Waals surface area contributed by atoms with Crippen LogP contribution in [0.5, 0.6) is 0 Å². The zero-order chi connectivity index (χ0) is 13.8. The first-order valence-corrected chi connectivity index (χ1v) is 6.99. The van der Waals surface area contributed by atoms with Crippen molar-refractivity contribution in [1.29, 1.82) is 0 Å². The summed E-state index contributed by atoms with van der Waals surface area (Å²) in [6, 6.07) is 0. The van der Waals surface area contributed by atoms with Crippen LogP contribution in [0.1, 0.15) is 25.3 Å². The molecule has 2 rings (SSSR count). The van der Waals surface area contributed by atoms with Crippen molar-refractivity contribution in [2.75, 3.05) is 31.6 Å². The molecule has 0 spiro atoms. The lowest BCUT2D eigenvalue weighted by Gasteiger charge is -2.23. The first kappa shape index (κ1) is 14.1. The Labute approximate surface area is 118 Å². The number of rotatable bonds is 4. The molecular weight excluding hydrogens is 264 g/mol. The summed E-state index contributed by atoms with van der Waals surface area (Å²) >= 11 is 6.06. The van der Waals surface area contributed by atoms with Gasteiger partial charge in [0.05, 0.1) is 6.54 Å². The zero-order valence-electron chi connectivity index (χ0n) is 11.4. The second-order valence-electron chi connectivity index (χ2n) is 4.76. The molecule has 0 unspecified atom stereocenters.